The topological polar surface area (TPSA) is 0 Å². The first-order valence-electron chi connectivity index (χ1n) is 4.47. The SMILES string of the molecule is CCC(F)(F)CCC(F)(F)C(F)(F)C(F)(F)F. The summed E-state index contributed by atoms with van der Waals surface area (Å²) in [6.45, 7) is 0.903. The first-order chi connectivity index (χ1) is 7.27. The summed E-state index contributed by atoms with van der Waals surface area (Å²) in [6.07, 6.45) is -11.4. The van der Waals surface area contributed by atoms with Gasteiger partial charge in [0, 0.05) is 19.3 Å². The summed E-state index contributed by atoms with van der Waals surface area (Å²) in [6, 6.07) is 0. The Labute approximate surface area is 90.8 Å². The number of rotatable bonds is 5. The van der Waals surface area contributed by atoms with Crippen LogP contribution in [0.1, 0.15) is 26.2 Å². The van der Waals surface area contributed by atoms with Crippen LogP contribution in [0.3, 0.4) is 0 Å². The van der Waals surface area contributed by atoms with Gasteiger partial charge in [0.2, 0.25) is 5.92 Å². The Balaban J connectivity index is 4.81. The van der Waals surface area contributed by atoms with E-state index in [4.69, 9.17) is 0 Å². The number of alkyl halides is 9. The molecule has 0 aromatic heterocycles. The van der Waals surface area contributed by atoms with Crippen molar-refractivity contribution in [3.63, 3.8) is 0 Å². The molecular weight excluding hydrogens is 267 g/mol. The third-order valence-corrected chi connectivity index (χ3v) is 2.14. The molecule has 17 heavy (non-hydrogen) atoms. The van der Waals surface area contributed by atoms with Gasteiger partial charge in [-0.2, -0.15) is 30.7 Å². The molecule has 0 atom stereocenters. The van der Waals surface area contributed by atoms with Crippen LogP contribution in [0.15, 0.2) is 0 Å². The van der Waals surface area contributed by atoms with Crippen molar-refractivity contribution in [2.24, 2.45) is 0 Å². The van der Waals surface area contributed by atoms with E-state index in [1.165, 1.54) is 0 Å². The third kappa shape index (κ3) is 3.67. The van der Waals surface area contributed by atoms with E-state index in [1.54, 1.807) is 0 Å². The van der Waals surface area contributed by atoms with E-state index in [0.717, 1.165) is 6.92 Å². The molecule has 0 aromatic rings. The van der Waals surface area contributed by atoms with Gasteiger partial charge in [-0.25, -0.2) is 8.78 Å². The predicted octanol–water partition coefficient (Wildman–Crippen LogP) is 4.64. The fourth-order valence-corrected chi connectivity index (χ4v) is 0.881. The van der Waals surface area contributed by atoms with Crippen LogP contribution in [0.2, 0.25) is 0 Å². The van der Waals surface area contributed by atoms with Gasteiger partial charge in [-0.15, -0.1) is 0 Å². The van der Waals surface area contributed by atoms with Crippen LogP contribution in [-0.4, -0.2) is 23.9 Å². The highest BCUT2D eigenvalue weighted by atomic mass is 19.4. The van der Waals surface area contributed by atoms with Gasteiger partial charge in [0.1, 0.15) is 0 Å². The average molecular weight is 276 g/mol. The molecule has 9 heteroatoms. The molecule has 0 amide bonds. The Morgan fingerprint density at radius 1 is 0.706 bits per heavy atom. The lowest BCUT2D eigenvalue weighted by Crippen LogP contribution is -2.52. The lowest BCUT2D eigenvalue weighted by atomic mass is 10.0. The lowest BCUT2D eigenvalue weighted by molar-refractivity contribution is -0.357. The summed E-state index contributed by atoms with van der Waals surface area (Å²) >= 11 is 0. The van der Waals surface area contributed by atoms with Crippen molar-refractivity contribution in [2.75, 3.05) is 0 Å². The molecule has 0 fully saturated rings. The fourth-order valence-electron chi connectivity index (χ4n) is 0.881. The Kier molecular flexibility index (Phi) is 4.40. The second kappa shape index (κ2) is 4.56. The van der Waals surface area contributed by atoms with Gasteiger partial charge >= 0.3 is 18.0 Å². The average Bonchev–Trinajstić information content (AvgIpc) is 2.13. The summed E-state index contributed by atoms with van der Waals surface area (Å²) in [5, 5.41) is 0. The maximum Gasteiger partial charge on any atom is 0.459 e. The molecule has 0 rings (SSSR count). The zero-order valence-corrected chi connectivity index (χ0v) is 8.52. The minimum atomic E-state index is -6.47. The van der Waals surface area contributed by atoms with Crippen LogP contribution in [-0.2, 0) is 0 Å². The first kappa shape index (κ1) is 16.4. The third-order valence-electron chi connectivity index (χ3n) is 2.14. The molecule has 0 nitrogen and oxygen atoms in total. The van der Waals surface area contributed by atoms with Crippen molar-refractivity contribution in [2.45, 2.75) is 50.1 Å². The highest BCUT2D eigenvalue weighted by molar-refractivity contribution is 4.91. The molecule has 0 N–H and O–H groups in total. The standard InChI is InChI=1S/C8H9F9/c1-2-5(9,10)3-4-6(11,12)7(13,14)8(15,16)17/h2-4H2,1H3. The van der Waals surface area contributed by atoms with Crippen molar-refractivity contribution >= 4 is 0 Å². The van der Waals surface area contributed by atoms with Gasteiger partial charge < -0.3 is 0 Å². The Morgan fingerprint density at radius 3 is 1.41 bits per heavy atom. The number of halogens is 9. The molecule has 0 aliphatic carbocycles. The fraction of sp³-hybridized carbons (Fsp3) is 1.00. The maximum atomic E-state index is 12.6. The van der Waals surface area contributed by atoms with Crippen molar-refractivity contribution < 1.29 is 39.5 Å². The highest BCUT2D eigenvalue weighted by Crippen LogP contribution is 2.49. The predicted molar refractivity (Wildman–Crippen MR) is 40.4 cm³/mol. The quantitative estimate of drug-likeness (QED) is 0.641. The normalized spacial score (nSPS) is 15.2. The van der Waals surface area contributed by atoms with E-state index >= 15 is 0 Å². The van der Waals surface area contributed by atoms with Gasteiger partial charge in [0.15, 0.2) is 0 Å². The molecule has 0 aliphatic heterocycles. The second-order valence-electron chi connectivity index (χ2n) is 3.49. The summed E-state index contributed by atoms with van der Waals surface area (Å²) in [4.78, 5) is 0. The smallest absolute Gasteiger partial charge is 0.207 e. The zero-order chi connectivity index (χ0) is 14.1. The van der Waals surface area contributed by atoms with Crippen molar-refractivity contribution in [3.05, 3.63) is 0 Å². The molecule has 0 heterocycles. The zero-order valence-electron chi connectivity index (χ0n) is 8.52. The molecule has 0 saturated carbocycles. The van der Waals surface area contributed by atoms with E-state index in [1.807, 2.05) is 0 Å². The number of hydrogen-bond acceptors (Lipinski definition) is 0. The van der Waals surface area contributed by atoms with Crippen LogP contribution in [0.4, 0.5) is 39.5 Å². The monoisotopic (exact) mass is 276 g/mol. The molecular formula is C8H9F9. The van der Waals surface area contributed by atoms with Gasteiger partial charge in [-0.05, 0) is 0 Å². The first-order valence-corrected chi connectivity index (χ1v) is 4.47. The largest absolute Gasteiger partial charge is 0.459 e. The molecule has 104 valence electrons. The molecule has 0 unspecified atom stereocenters. The minimum absolute atomic E-state index is 0.903. The van der Waals surface area contributed by atoms with Crippen LogP contribution < -0.4 is 0 Å². The van der Waals surface area contributed by atoms with Gasteiger partial charge in [-0.1, -0.05) is 6.92 Å². The molecule has 0 aromatic carbocycles. The van der Waals surface area contributed by atoms with Crippen molar-refractivity contribution in [1.82, 2.24) is 0 Å². The van der Waals surface area contributed by atoms with Gasteiger partial charge in [0.25, 0.3) is 0 Å². The summed E-state index contributed by atoms with van der Waals surface area (Å²) in [5.74, 6) is -15.6. The Morgan fingerprint density at radius 2 is 1.12 bits per heavy atom. The molecule has 0 aliphatic rings. The van der Waals surface area contributed by atoms with Crippen molar-refractivity contribution in [3.8, 4) is 0 Å². The minimum Gasteiger partial charge on any atom is -0.207 e. The van der Waals surface area contributed by atoms with Crippen LogP contribution >= 0.6 is 0 Å². The van der Waals surface area contributed by atoms with Gasteiger partial charge in [-0.3, -0.25) is 0 Å². The Bertz CT molecular complexity index is 252. The van der Waals surface area contributed by atoms with E-state index in [-0.39, 0.29) is 0 Å². The van der Waals surface area contributed by atoms with Crippen LogP contribution in [0.25, 0.3) is 0 Å². The number of hydrogen-bond donors (Lipinski definition) is 0. The van der Waals surface area contributed by atoms with Crippen molar-refractivity contribution in [1.29, 1.82) is 0 Å². The second-order valence-corrected chi connectivity index (χ2v) is 3.49. The van der Waals surface area contributed by atoms with E-state index < -0.39 is 43.2 Å². The molecule has 0 spiro atoms. The Hall–Kier alpha value is -0.630. The summed E-state index contributed by atoms with van der Waals surface area (Å²) in [7, 11) is 0. The van der Waals surface area contributed by atoms with E-state index in [0.29, 0.717) is 0 Å². The maximum absolute atomic E-state index is 12.6. The van der Waals surface area contributed by atoms with E-state index in [2.05, 4.69) is 0 Å². The van der Waals surface area contributed by atoms with Crippen LogP contribution in [0.5, 0.6) is 0 Å². The molecule has 0 radical (unpaired) electrons. The molecule has 0 bridgehead atoms. The van der Waals surface area contributed by atoms with Gasteiger partial charge in [0.05, 0.1) is 0 Å². The summed E-state index contributed by atoms with van der Waals surface area (Å²) in [5.41, 5.74) is 0. The molecule has 0 saturated heterocycles. The highest BCUT2D eigenvalue weighted by Gasteiger charge is 2.72. The lowest BCUT2D eigenvalue weighted by Gasteiger charge is -2.29. The van der Waals surface area contributed by atoms with Crippen LogP contribution in [0, 0.1) is 0 Å². The summed E-state index contributed by atoms with van der Waals surface area (Å²) < 4.78 is 110. The van der Waals surface area contributed by atoms with E-state index in [9.17, 15) is 39.5 Å².